The van der Waals surface area contributed by atoms with Crippen molar-refractivity contribution in [3.63, 3.8) is 0 Å². The van der Waals surface area contributed by atoms with Crippen LogP contribution in [0.15, 0.2) is 41.6 Å². The smallest absolute Gasteiger partial charge is 0.246 e. The Labute approximate surface area is 112 Å². The second kappa shape index (κ2) is 5.41. The van der Waals surface area contributed by atoms with Gasteiger partial charge in [0.1, 0.15) is 10.6 Å². The first kappa shape index (κ1) is 13.6. The molecule has 6 nitrogen and oxygen atoms in total. The highest BCUT2D eigenvalue weighted by Crippen LogP contribution is 2.18. The van der Waals surface area contributed by atoms with Crippen LogP contribution in [0.25, 0.3) is 0 Å². The van der Waals surface area contributed by atoms with Crippen LogP contribution in [0.5, 0.6) is 5.75 Å². The van der Waals surface area contributed by atoms with E-state index in [0.717, 1.165) is 5.56 Å². The summed E-state index contributed by atoms with van der Waals surface area (Å²) in [6.45, 7) is 0.269. The Morgan fingerprint density at radius 3 is 2.84 bits per heavy atom. The van der Waals surface area contributed by atoms with E-state index in [0.29, 0.717) is 5.75 Å². The summed E-state index contributed by atoms with van der Waals surface area (Å²) in [6, 6.07) is 7.30. The number of nitrogens with zero attached hydrogens (tertiary/aromatic N) is 2. The van der Waals surface area contributed by atoms with E-state index in [9.17, 15) is 8.42 Å². The molecular formula is C12H15N3O3S. The lowest BCUT2D eigenvalue weighted by Crippen LogP contribution is -2.26. The lowest BCUT2D eigenvalue weighted by Gasteiger charge is -2.16. The number of aromatic amines is 1. The van der Waals surface area contributed by atoms with Crippen LogP contribution < -0.4 is 4.74 Å². The first-order valence-electron chi connectivity index (χ1n) is 5.62. The molecule has 1 N–H and O–H groups in total. The minimum absolute atomic E-state index is 0.151. The molecule has 1 heterocycles. The zero-order valence-corrected chi connectivity index (χ0v) is 11.5. The predicted molar refractivity (Wildman–Crippen MR) is 70.2 cm³/mol. The summed E-state index contributed by atoms with van der Waals surface area (Å²) in [5.74, 6) is 0.701. The van der Waals surface area contributed by atoms with E-state index in [2.05, 4.69) is 10.2 Å². The molecule has 0 saturated carbocycles. The fourth-order valence-electron chi connectivity index (χ4n) is 1.67. The number of rotatable bonds is 5. The van der Waals surface area contributed by atoms with E-state index in [-0.39, 0.29) is 11.4 Å². The molecule has 0 aliphatic heterocycles. The molecule has 0 radical (unpaired) electrons. The van der Waals surface area contributed by atoms with E-state index < -0.39 is 10.0 Å². The highest BCUT2D eigenvalue weighted by atomic mass is 32.2. The summed E-state index contributed by atoms with van der Waals surface area (Å²) in [4.78, 5) is 0.151. The highest BCUT2D eigenvalue weighted by Gasteiger charge is 2.21. The van der Waals surface area contributed by atoms with Crippen molar-refractivity contribution in [2.24, 2.45) is 0 Å². The molecule has 0 unspecified atom stereocenters. The Morgan fingerprint density at radius 1 is 1.42 bits per heavy atom. The lowest BCUT2D eigenvalue weighted by molar-refractivity contribution is 0.412. The van der Waals surface area contributed by atoms with Gasteiger partial charge in [-0.2, -0.15) is 9.40 Å². The number of nitrogens with one attached hydrogen (secondary N) is 1. The largest absolute Gasteiger partial charge is 0.497 e. The van der Waals surface area contributed by atoms with E-state index >= 15 is 0 Å². The third-order valence-corrected chi connectivity index (χ3v) is 4.49. The van der Waals surface area contributed by atoms with Gasteiger partial charge in [0.05, 0.1) is 13.3 Å². The highest BCUT2D eigenvalue weighted by molar-refractivity contribution is 7.89. The van der Waals surface area contributed by atoms with Crippen LogP contribution >= 0.6 is 0 Å². The van der Waals surface area contributed by atoms with Gasteiger partial charge in [0.25, 0.3) is 0 Å². The third kappa shape index (κ3) is 2.94. The fourth-order valence-corrected chi connectivity index (χ4v) is 2.74. The second-order valence-corrected chi connectivity index (χ2v) is 6.09. The summed E-state index contributed by atoms with van der Waals surface area (Å²) in [5.41, 5.74) is 0.855. The van der Waals surface area contributed by atoms with Crippen LogP contribution in [0, 0.1) is 0 Å². The molecule has 19 heavy (non-hydrogen) atoms. The van der Waals surface area contributed by atoms with Gasteiger partial charge in [-0.1, -0.05) is 12.1 Å². The quantitative estimate of drug-likeness (QED) is 0.894. The Bertz CT molecular complexity index is 638. The lowest BCUT2D eigenvalue weighted by atomic mass is 10.2. The Kier molecular flexibility index (Phi) is 3.87. The molecule has 1 aromatic heterocycles. The standard InChI is InChI=1S/C12H15N3O3S/c1-15(19(16,17)12-7-13-14-8-12)9-10-4-3-5-11(6-10)18-2/h3-8H,9H2,1-2H3,(H,13,14). The van der Waals surface area contributed by atoms with E-state index in [1.54, 1.807) is 13.2 Å². The van der Waals surface area contributed by atoms with Crippen LogP contribution in [0.3, 0.4) is 0 Å². The van der Waals surface area contributed by atoms with Crippen LogP contribution in [0.4, 0.5) is 0 Å². The molecule has 0 spiro atoms. The number of aromatic nitrogens is 2. The second-order valence-electron chi connectivity index (χ2n) is 4.05. The molecule has 0 aliphatic rings. The Balaban J connectivity index is 2.19. The van der Waals surface area contributed by atoms with Gasteiger partial charge in [0.2, 0.25) is 10.0 Å². The first-order valence-corrected chi connectivity index (χ1v) is 7.06. The minimum atomic E-state index is -3.51. The van der Waals surface area contributed by atoms with Crippen LogP contribution in [0.2, 0.25) is 0 Å². The van der Waals surface area contributed by atoms with Gasteiger partial charge in [-0.3, -0.25) is 5.10 Å². The van der Waals surface area contributed by atoms with Crippen LogP contribution in [-0.2, 0) is 16.6 Å². The molecular weight excluding hydrogens is 266 g/mol. The molecule has 2 aromatic rings. The van der Waals surface area contributed by atoms with Crippen LogP contribution in [-0.4, -0.2) is 37.1 Å². The van der Waals surface area contributed by atoms with Gasteiger partial charge in [0, 0.05) is 19.8 Å². The molecule has 7 heteroatoms. The topological polar surface area (TPSA) is 75.3 Å². The van der Waals surface area contributed by atoms with Crippen molar-refractivity contribution < 1.29 is 13.2 Å². The number of hydrogen-bond donors (Lipinski definition) is 1. The summed E-state index contributed by atoms with van der Waals surface area (Å²) < 4.78 is 30.8. The molecule has 0 fully saturated rings. The molecule has 1 aromatic carbocycles. The van der Waals surface area contributed by atoms with Crippen molar-refractivity contribution in [2.45, 2.75) is 11.4 Å². The Hall–Kier alpha value is -1.86. The average molecular weight is 281 g/mol. The fraction of sp³-hybridized carbons (Fsp3) is 0.250. The molecule has 2 rings (SSSR count). The van der Waals surface area contributed by atoms with Gasteiger partial charge < -0.3 is 4.74 Å². The maximum Gasteiger partial charge on any atom is 0.246 e. The zero-order valence-electron chi connectivity index (χ0n) is 10.7. The number of methoxy groups -OCH3 is 1. The maximum absolute atomic E-state index is 12.2. The number of ether oxygens (including phenoxy) is 1. The average Bonchev–Trinajstić information content (AvgIpc) is 2.93. The molecule has 0 aliphatic carbocycles. The third-order valence-electron chi connectivity index (χ3n) is 2.72. The van der Waals surface area contributed by atoms with Gasteiger partial charge >= 0.3 is 0 Å². The van der Waals surface area contributed by atoms with Gasteiger partial charge in [-0.25, -0.2) is 8.42 Å². The Morgan fingerprint density at radius 2 is 2.21 bits per heavy atom. The number of H-pyrrole nitrogens is 1. The van der Waals surface area contributed by atoms with E-state index in [4.69, 9.17) is 4.74 Å². The molecule has 0 amide bonds. The van der Waals surface area contributed by atoms with Crippen LogP contribution in [0.1, 0.15) is 5.56 Å². The van der Waals surface area contributed by atoms with E-state index in [1.165, 1.54) is 23.7 Å². The zero-order chi connectivity index (χ0) is 13.9. The molecule has 0 atom stereocenters. The van der Waals surface area contributed by atoms with Crippen molar-refractivity contribution in [1.29, 1.82) is 0 Å². The van der Waals surface area contributed by atoms with Gasteiger partial charge in [-0.05, 0) is 17.7 Å². The molecule has 102 valence electrons. The van der Waals surface area contributed by atoms with Crippen molar-refractivity contribution in [3.05, 3.63) is 42.2 Å². The number of hydrogen-bond acceptors (Lipinski definition) is 4. The van der Waals surface area contributed by atoms with Crippen molar-refractivity contribution in [2.75, 3.05) is 14.2 Å². The summed E-state index contributed by atoms with van der Waals surface area (Å²) in [5, 5.41) is 6.15. The predicted octanol–water partition coefficient (Wildman–Crippen LogP) is 1.24. The van der Waals surface area contributed by atoms with Gasteiger partial charge in [0.15, 0.2) is 0 Å². The number of sulfonamides is 1. The van der Waals surface area contributed by atoms with Crippen molar-refractivity contribution in [1.82, 2.24) is 14.5 Å². The first-order chi connectivity index (χ1) is 9.04. The molecule has 0 bridgehead atoms. The SMILES string of the molecule is COc1cccc(CN(C)S(=O)(=O)c2cn[nH]c2)c1. The monoisotopic (exact) mass is 281 g/mol. The van der Waals surface area contributed by atoms with Crippen molar-refractivity contribution in [3.8, 4) is 5.75 Å². The van der Waals surface area contributed by atoms with Gasteiger partial charge in [-0.15, -0.1) is 0 Å². The summed E-state index contributed by atoms with van der Waals surface area (Å²) >= 11 is 0. The minimum Gasteiger partial charge on any atom is -0.497 e. The number of benzene rings is 1. The van der Waals surface area contributed by atoms with Crippen molar-refractivity contribution >= 4 is 10.0 Å². The normalized spacial score (nSPS) is 11.7. The molecule has 0 saturated heterocycles. The summed E-state index contributed by atoms with van der Waals surface area (Å²) in [7, 11) is -0.411. The van der Waals surface area contributed by atoms with E-state index in [1.807, 2.05) is 18.2 Å². The summed E-state index contributed by atoms with van der Waals surface area (Å²) in [6.07, 6.45) is 2.65. The maximum atomic E-state index is 12.2.